The molecule has 3 aliphatic rings. The molecule has 86 valence electrons. The lowest BCUT2D eigenvalue weighted by molar-refractivity contribution is 0.118. The summed E-state index contributed by atoms with van der Waals surface area (Å²) in [7, 11) is 0. The Hall–Kier alpha value is -0.180. The van der Waals surface area contributed by atoms with Crippen molar-refractivity contribution in [3.8, 4) is 0 Å². The van der Waals surface area contributed by atoms with Gasteiger partial charge in [-0.05, 0) is 50.0 Å². The van der Waals surface area contributed by atoms with Gasteiger partial charge in [0, 0.05) is 21.7 Å². The summed E-state index contributed by atoms with van der Waals surface area (Å²) in [6.45, 7) is 3.90. The molecule has 0 saturated carbocycles. The van der Waals surface area contributed by atoms with Gasteiger partial charge < -0.3 is 4.90 Å². The smallest absolute Gasteiger partial charge is 0.0417 e. The maximum atomic E-state index is 6.02. The number of benzene rings is 1. The molecule has 3 aliphatic heterocycles. The van der Waals surface area contributed by atoms with Gasteiger partial charge in [-0.15, -0.1) is 11.8 Å². The molecule has 0 N–H and O–H groups in total. The SMILES string of the molecule is Clc1cccc(S[C@H]2CN3CCC2CC3)c1. The predicted molar refractivity (Wildman–Crippen MR) is 70.3 cm³/mol. The first-order valence-corrected chi connectivity index (χ1v) is 7.21. The molecule has 0 radical (unpaired) electrons. The summed E-state index contributed by atoms with van der Waals surface area (Å²) in [6, 6.07) is 8.26. The highest BCUT2D eigenvalue weighted by Gasteiger charge is 2.34. The van der Waals surface area contributed by atoms with Crippen LogP contribution in [0.2, 0.25) is 5.02 Å². The van der Waals surface area contributed by atoms with E-state index in [2.05, 4.69) is 17.0 Å². The van der Waals surface area contributed by atoms with Crippen molar-refractivity contribution in [2.45, 2.75) is 23.0 Å². The second-order valence-corrected chi connectivity index (χ2v) is 6.50. The number of piperidine rings is 3. The van der Waals surface area contributed by atoms with E-state index in [4.69, 9.17) is 11.6 Å². The molecule has 1 aromatic rings. The third-order valence-corrected chi connectivity index (χ3v) is 5.28. The van der Waals surface area contributed by atoms with Gasteiger partial charge in [-0.25, -0.2) is 0 Å². The minimum Gasteiger partial charge on any atom is -0.302 e. The molecule has 3 saturated heterocycles. The Morgan fingerprint density at radius 1 is 1.25 bits per heavy atom. The topological polar surface area (TPSA) is 3.24 Å². The van der Waals surface area contributed by atoms with Crippen molar-refractivity contribution in [3.63, 3.8) is 0 Å². The van der Waals surface area contributed by atoms with Crippen molar-refractivity contribution in [2.75, 3.05) is 19.6 Å². The van der Waals surface area contributed by atoms with Crippen LogP contribution < -0.4 is 0 Å². The van der Waals surface area contributed by atoms with E-state index < -0.39 is 0 Å². The maximum Gasteiger partial charge on any atom is 0.0417 e. The lowest BCUT2D eigenvalue weighted by atomic mass is 9.88. The van der Waals surface area contributed by atoms with Gasteiger partial charge in [0.05, 0.1) is 0 Å². The number of halogens is 1. The zero-order chi connectivity index (χ0) is 11.0. The Labute approximate surface area is 106 Å². The quantitative estimate of drug-likeness (QED) is 0.793. The van der Waals surface area contributed by atoms with Crippen LogP contribution in [0.25, 0.3) is 0 Å². The van der Waals surface area contributed by atoms with Crippen molar-refractivity contribution >= 4 is 23.4 Å². The molecule has 4 rings (SSSR count). The lowest BCUT2D eigenvalue weighted by Crippen LogP contribution is -2.48. The van der Waals surface area contributed by atoms with E-state index in [1.165, 1.54) is 37.4 Å². The van der Waals surface area contributed by atoms with Gasteiger partial charge in [0.1, 0.15) is 0 Å². The van der Waals surface area contributed by atoms with Gasteiger partial charge in [-0.3, -0.25) is 0 Å². The summed E-state index contributed by atoms with van der Waals surface area (Å²) in [6.07, 6.45) is 2.77. The molecule has 1 aromatic carbocycles. The Bertz CT molecular complexity index is 374. The average Bonchev–Trinajstić information content (AvgIpc) is 2.30. The van der Waals surface area contributed by atoms with Gasteiger partial charge in [-0.1, -0.05) is 17.7 Å². The minimum absolute atomic E-state index is 0.779. The maximum absolute atomic E-state index is 6.02. The molecule has 3 heterocycles. The summed E-state index contributed by atoms with van der Waals surface area (Å²) in [4.78, 5) is 3.92. The van der Waals surface area contributed by atoms with Crippen LogP contribution in [0, 0.1) is 5.92 Å². The van der Waals surface area contributed by atoms with Crippen molar-refractivity contribution in [1.82, 2.24) is 4.90 Å². The van der Waals surface area contributed by atoms with Gasteiger partial charge in [-0.2, -0.15) is 0 Å². The van der Waals surface area contributed by atoms with Gasteiger partial charge in [0.15, 0.2) is 0 Å². The monoisotopic (exact) mass is 253 g/mol. The number of fused-ring (bicyclic) bond motifs is 3. The number of hydrogen-bond donors (Lipinski definition) is 0. The van der Waals surface area contributed by atoms with E-state index in [-0.39, 0.29) is 0 Å². The fraction of sp³-hybridized carbons (Fsp3) is 0.538. The van der Waals surface area contributed by atoms with Crippen LogP contribution >= 0.6 is 23.4 Å². The van der Waals surface area contributed by atoms with E-state index >= 15 is 0 Å². The standard InChI is InChI=1S/C13H16ClNS/c14-11-2-1-3-12(8-11)16-13-9-15-6-4-10(13)5-7-15/h1-3,8,10,13H,4-7,9H2/t13-/m0/s1. The first-order valence-electron chi connectivity index (χ1n) is 5.96. The molecule has 0 amide bonds. The summed E-state index contributed by atoms with van der Waals surface area (Å²) in [5.41, 5.74) is 0. The summed E-state index contributed by atoms with van der Waals surface area (Å²) >= 11 is 8.03. The highest BCUT2D eigenvalue weighted by atomic mass is 35.5. The third-order valence-electron chi connectivity index (χ3n) is 3.68. The van der Waals surface area contributed by atoms with Crippen LogP contribution in [-0.4, -0.2) is 29.8 Å². The fourth-order valence-corrected chi connectivity index (χ4v) is 4.47. The van der Waals surface area contributed by atoms with Crippen LogP contribution in [-0.2, 0) is 0 Å². The second-order valence-electron chi connectivity index (χ2n) is 4.75. The molecule has 0 aromatic heterocycles. The Morgan fingerprint density at radius 2 is 2.06 bits per heavy atom. The second kappa shape index (κ2) is 4.59. The van der Waals surface area contributed by atoms with Crippen molar-refractivity contribution < 1.29 is 0 Å². The molecule has 0 spiro atoms. The van der Waals surface area contributed by atoms with E-state index in [1.54, 1.807) is 0 Å². The summed E-state index contributed by atoms with van der Waals surface area (Å²) in [5.74, 6) is 0.925. The molecular formula is C13H16ClNS. The molecule has 0 aliphatic carbocycles. The van der Waals surface area contributed by atoms with E-state index in [9.17, 15) is 0 Å². The van der Waals surface area contributed by atoms with E-state index in [0.29, 0.717) is 0 Å². The summed E-state index contributed by atoms with van der Waals surface area (Å²) in [5, 5.41) is 1.63. The first-order chi connectivity index (χ1) is 7.81. The van der Waals surface area contributed by atoms with Crippen LogP contribution in [0.3, 0.4) is 0 Å². The lowest BCUT2D eigenvalue weighted by Gasteiger charge is -2.44. The largest absolute Gasteiger partial charge is 0.302 e. The molecule has 0 unspecified atom stereocenters. The van der Waals surface area contributed by atoms with Crippen molar-refractivity contribution in [3.05, 3.63) is 29.3 Å². The highest BCUT2D eigenvalue weighted by Crippen LogP contribution is 2.38. The zero-order valence-corrected chi connectivity index (χ0v) is 10.8. The molecular weight excluding hydrogens is 238 g/mol. The first kappa shape index (κ1) is 10.9. The number of rotatable bonds is 2. The van der Waals surface area contributed by atoms with Crippen molar-refractivity contribution in [1.29, 1.82) is 0 Å². The predicted octanol–water partition coefficient (Wildman–Crippen LogP) is 3.53. The molecule has 1 nitrogen and oxygen atoms in total. The van der Waals surface area contributed by atoms with E-state index in [1.807, 2.05) is 23.9 Å². The number of thioether (sulfide) groups is 1. The number of hydrogen-bond acceptors (Lipinski definition) is 2. The minimum atomic E-state index is 0.779. The van der Waals surface area contributed by atoms with Crippen LogP contribution in [0.5, 0.6) is 0 Å². The van der Waals surface area contributed by atoms with Crippen LogP contribution in [0.15, 0.2) is 29.2 Å². The van der Waals surface area contributed by atoms with Gasteiger partial charge in [0.25, 0.3) is 0 Å². The molecule has 16 heavy (non-hydrogen) atoms. The molecule has 3 heteroatoms. The fourth-order valence-electron chi connectivity index (χ4n) is 2.76. The number of nitrogens with zero attached hydrogens (tertiary/aromatic N) is 1. The Morgan fingerprint density at radius 3 is 2.69 bits per heavy atom. The average molecular weight is 254 g/mol. The molecule has 1 atom stereocenters. The van der Waals surface area contributed by atoms with Gasteiger partial charge >= 0.3 is 0 Å². The third kappa shape index (κ3) is 2.24. The highest BCUT2D eigenvalue weighted by molar-refractivity contribution is 8.00. The van der Waals surface area contributed by atoms with Crippen LogP contribution in [0.4, 0.5) is 0 Å². The van der Waals surface area contributed by atoms with E-state index in [0.717, 1.165) is 16.2 Å². The van der Waals surface area contributed by atoms with Gasteiger partial charge in [0.2, 0.25) is 0 Å². The zero-order valence-electron chi connectivity index (χ0n) is 9.23. The van der Waals surface area contributed by atoms with Crippen LogP contribution in [0.1, 0.15) is 12.8 Å². The normalized spacial score (nSPS) is 32.9. The Balaban J connectivity index is 1.71. The summed E-state index contributed by atoms with van der Waals surface area (Å²) < 4.78 is 0. The Kier molecular flexibility index (Phi) is 3.14. The molecule has 3 fully saturated rings. The van der Waals surface area contributed by atoms with Crippen molar-refractivity contribution in [2.24, 2.45) is 5.92 Å². The molecule has 2 bridgehead atoms.